The van der Waals surface area contributed by atoms with E-state index in [4.69, 9.17) is 0 Å². The van der Waals surface area contributed by atoms with Crippen LogP contribution in [-0.2, 0) is 6.18 Å². The fraction of sp³-hybridized carbons (Fsp3) is 0.0952. The lowest BCUT2D eigenvalue weighted by Gasteiger charge is -2.14. The van der Waals surface area contributed by atoms with E-state index < -0.39 is 11.7 Å². The Labute approximate surface area is 153 Å². The number of aromatic nitrogens is 3. The summed E-state index contributed by atoms with van der Waals surface area (Å²) in [5.41, 5.74) is 1.44. The first kappa shape index (κ1) is 17.1. The van der Waals surface area contributed by atoms with Gasteiger partial charge in [-0.05, 0) is 30.7 Å². The molecular formula is C21H14F3N3. The first-order valence-electron chi connectivity index (χ1n) is 8.30. The van der Waals surface area contributed by atoms with Gasteiger partial charge in [0, 0.05) is 17.1 Å². The number of rotatable bonds is 2. The standard InChI is InChI=1S/C21H14F3N3/c1-13-10-11-18(20-25-12-14-6-2-5-9-17(14)27-20)26-19(13)15-7-3-4-8-16(15)21(22,23)24/h2-12H,1H3. The van der Waals surface area contributed by atoms with E-state index in [0.717, 1.165) is 17.0 Å². The normalized spacial score (nSPS) is 11.7. The molecule has 0 fully saturated rings. The Balaban J connectivity index is 1.88. The molecule has 0 saturated heterocycles. The highest BCUT2D eigenvalue weighted by atomic mass is 19.4. The van der Waals surface area contributed by atoms with Crippen LogP contribution in [0, 0.1) is 6.92 Å². The summed E-state index contributed by atoms with van der Waals surface area (Å²) < 4.78 is 40.2. The molecule has 6 heteroatoms. The molecule has 0 N–H and O–H groups in total. The first-order valence-corrected chi connectivity index (χ1v) is 8.30. The zero-order valence-corrected chi connectivity index (χ0v) is 14.3. The van der Waals surface area contributed by atoms with Crippen LogP contribution in [0.4, 0.5) is 13.2 Å². The zero-order valence-electron chi connectivity index (χ0n) is 14.3. The lowest BCUT2D eigenvalue weighted by atomic mass is 10.00. The maximum Gasteiger partial charge on any atom is 0.417 e. The van der Waals surface area contributed by atoms with Gasteiger partial charge in [0.1, 0.15) is 5.69 Å². The van der Waals surface area contributed by atoms with Crippen LogP contribution in [0.15, 0.2) is 66.9 Å². The summed E-state index contributed by atoms with van der Waals surface area (Å²) in [7, 11) is 0. The third-order valence-corrected chi connectivity index (χ3v) is 4.30. The second kappa shape index (κ2) is 6.46. The first-order chi connectivity index (χ1) is 12.9. The van der Waals surface area contributed by atoms with Crippen LogP contribution in [0.2, 0.25) is 0 Å². The third kappa shape index (κ3) is 3.26. The second-order valence-corrected chi connectivity index (χ2v) is 6.16. The van der Waals surface area contributed by atoms with Gasteiger partial charge in [0.15, 0.2) is 5.82 Å². The van der Waals surface area contributed by atoms with Crippen molar-refractivity contribution in [3.8, 4) is 22.8 Å². The number of hydrogen-bond donors (Lipinski definition) is 0. The maximum atomic E-state index is 13.4. The highest BCUT2D eigenvalue weighted by molar-refractivity contribution is 5.79. The lowest BCUT2D eigenvalue weighted by Crippen LogP contribution is -2.08. The summed E-state index contributed by atoms with van der Waals surface area (Å²) in [6, 6.07) is 16.4. The van der Waals surface area contributed by atoms with Crippen LogP contribution in [0.3, 0.4) is 0 Å². The Hall–Kier alpha value is -3.28. The molecule has 0 aliphatic carbocycles. The summed E-state index contributed by atoms with van der Waals surface area (Å²) in [5.74, 6) is 0.374. The fourth-order valence-corrected chi connectivity index (χ4v) is 2.96. The Morgan fingerprint density at radius 2 is 1.56 bits per heavy atom. The predicted octanol–water partition coefficient (Wildman–Crippen LogP) is 5.69. The van der Waals surface area contributed by atoms with Gasteiger partial charge in [-0.3, -0.25) is 0 Å². The predicted molar refractivity (Wildman–Crippen MR) is 97.9 cm³/mol. The summed E-state index contributed by atoms with van der Waals surface area (Å²) in [6.45, 7) is 1.74. The Bertz CT molecular complexity index is 1140. The van der Waals surface area contributed by atoms with Crippen LogP contribution in [0.25, 0.3) is 33.7 Å². The molecule has 0 aliphatic heterocycles. The van der Waals surface area contributed by atoms with E-state index in [1.807, 2.05) is 24.3 Å². The van der Waals surface area contributed by atoms with Gasteiger partial charge in [0.2, 0.25) is 0 Å². The van der Waals surface area contributed by atoms with Crippen molar-refractivity contribution in [2.45, 2.75) is 13.1 Å². The average molecular weight is 365 g/mol. The molecule has 0 saturated carbocycles. The molecular weight excluding hydrogens is 351 g/mol. The smallest absolute Gasteiger partial charge is 0.244 e. The molecule has 2 aromatic heterocycles. The minimum absolute atomic E-state index is 0.0464. The number of nitrogens with zero attached hydrogens (tertiary/aromatic N) is 3. The van der Waals surface area contributed by atoms with Gasteiger partial charge < -0.3 is 0 Å². The number of hydrogen-bond acceptors (Lipinski definition) is 3. The van der Waals surface area contributed by atoms with Crippen LogP contribution in [0.5, 0.6) is 0 Å². The molecule has 27 heavy (non-hydrogen) atoms. The lowest BCUT2D eigenvalue weighted by molar-refractivity contribution is -0.137. The van der Waals surface area contributed by atoms with Crippen LogP contribution in [0.1, 0.15) is 11.1 Å². The van der Waals surface area contributed by atoms with Crippen molar-refractivity contribution in [3.05, 3.63) is 78.0 Å². The number of pyridine rings is 1. The van der Waals surface area contributed by atoms with Gasteiger partial charge in [0.25, 0.3) is 0 Å². The summed E-state index contributed by atoms with van der Waals surface area (Å²) in [4.78, 5) is 13.3. The molecule has 2 aromatic carbocycles. The monoisotopic (exact) mass is 365 g/mol. The molecule has 0 atom stereocenters. The highest BCUT2D eigenvalue weighted by Gasteiger charge is 2.34. The van der Waals surface area contributed by atoms with Gasteiger partial charge >= 0.3 is 6.18 Å². The average Bonchev–Trinajstić information content (AvgIpc) is 2.67. The second-order valence-electron chi connectivity index (χ2n) is 6.16. The van der Waals surface area contributed by atoms with Crippen molar-refractivity contribution in [1.29, 1.82) is 0 Å². The molecule has 4 aromatic rings. The third-order valence-electron chi connectivity index (χ3n) is 4.30. The Kier molecular flexibility index (Phi) is 4.11. The summed E-state index contributed by atoms with van der Waals surface area (Å²) in [6.07, 6.45) is -2.78. The van der Waals surface area contributed by atoms with Gasteiger partial charge in [-0.15, -0.1) is 0 Å². The summed E-state index contributed by atoms with van der Waals surface area (Å²) in [5, 5.41) is 0.885. The SMILES string of the molecule is Cc1ccc(-c2ncc3ccccc3n2)nc1-c1ccccc1C(F)(F)F. The molecule has 0 spiro atoms. The number of benzene rings is 2. The topological polar surface area (TPSA) is 38.7 Å². The van der Waals surface area contributed by atoms with Gasteiger partial charge in [0.05, 0.1) is 16.8 Å². The van der Waals surface area contributed by atoms with Gasteiger partial charge in [-0.1, -0.05) is 42.5 Å². The van der Waals surface area contributed by atoms with E-state index in [9.17, 15) is 13.2 Å². The largest absolute Gasteiger partial charge is 0.417 e. The van der Waals surface area contributed by atoms with Crippen molar-refractivity contribution >= 4 is 10.9 Å². The molecule has 134 valence electrons. The zero-order chi connectivity index (χ0) is 19.0. The van der Waals surface area contributed by atoms with E-state index in [-0.39, 0.29) is 11.3 Å². The Morgan fingerprint density at radius 1 is 0.815 bits per heavy atom. The number of fused-ring (bicyclic) bond motifs is 1. The summed E-state index contributed by atoms with van der Waals surface area (Å²) >= 11 is 0. The highest BCUT2D eigenvalue weighted by Crippen LogP contribution is 2.37. The molecule has 3 nitrogen and oxygen atoms in total. The number of aryl methyl sites for hydroxylation is 1. The Morgan fingerprint density at radius 3 is 2.37 bits per heavy atom. The van der Waals surface area contributed by atoms with Gasteiger partial charge in [-0.25, -0.2) is 15.0 Å². The van der Waals surface area contributed by atoms with Crippen molar-refractivity contribution in [1.82, 2.24) is 15.0 Å². The van der Waals surface area contributed by atoms with Gasteiger partial charge in [-0.2, -0.15) is 13.2 Å². The fourth-order valence-electron chi connectivity index (χ4n) is 2.96. The molecule has 0 amide bonds. The molecule has 0 radical (unpaired) electrons. The van der Waals surface area contributed by atoms with Crippen molar-refractivity contribution in [2.75, 3.05) is 0 Å². The number of halogens is 3. The van der Waals surface area contributed by atoms with E-state index in [1.165, 1.54) is 12.1 Å². The minimum atomic E-state index is -4.46. The van der Waals surface area contributed by atoms with E-state index in [0.29, 0.717) is 17.1 Å². The number of para-hydroxylation sites is 1. The molecule has 4 rings (SSSR count). The minimum Gasteiger partial charge on any atom is -0.244 e. The molecule has 2 heterocycles. The van der Waals surface area contributed by atoms with Crippen molar-refractivity contribution in [2.24, 2.45) is 0 Å². The molecule has 0 bridgehead atoms. The molecule has 0 aliphatic rings. The van der Waals surface area contributed by atoms with Crippen molar-refractivity contribution in [3.63, 3.8) is 0 Å². The van der Waals surface area contributed by atoms with E-state index in [1.54, 1.807) is 31.3 Å². The van der Waals surface area contributed by atoms with E-state index >= 15 is 0 Å². The van der Waals surface area contributed by atoms with Crippen LogP contribution in [-0.4, -0.2) is 15.0 Å². The van der Waals surface area contributed by atoms with Crippen molar-refractivity contribution < 1.29 is 13.2 Å². The quantitative estimate of drug-likeness (QED) is 0.458. The number of alkyl halides is 3. The van der Waals surface area contributed by atoms with E-state index in [2.05, 4.69) is 15.0 Å². The maximum absolute atomic E-state index is 13.4. The van der Waals surface area contributed by atoms with Crippen LogP contribution >= 0.6 is 0 Å². The van der Waals surface area contributed by atoms with Crippen LogP contribution < -0.4 is 0 Å². The molecule has 0 unspecified atom stereocenters.